The van der Waals surface area contributed by atoms with Crippen molar-refractivity contribution >= 4 is 6.08 Å². The third-order valence-electron chi connectivity index (χ3n) is 5.71. The fraction of sp³-hybridized carbons (Fsp3) is 0.304. The highest BCUT2D eigenvalue weighted by atomic mass is 16.5. The topological polar surface area (TPSA) is 109 Å². The standard InChI is InChI=1S/C23H24N2O5/c1-12-13(2)21-16(14(3)20(12)28)9-10-23(4,29-21)22-24-19(25-30-22)8-6-15-5-7-17(26)18(27)11-15/h5,7,9-11,26-28H,6,8H2,1-4H3. The molecule has 0 bridgehead atoms. The molecule has 1 atom stereocenters. The summed E-state index contributed by atoms with van der Waals surface area (Å²) in [5.74, 6) is 1.55. The van der Waals surface area contributed by atoms with E-state index in [1.807, 2.05) is 39.8 Å². The zero-order chi connectivity index (χ0) is 21.6. The molecule has 2 heterocycles. The summed E-state index contributed by atoms with van der Waals surface area (Å²) in [6.45, 7) is 7.50. The number of fused-ring (bicyclic) bond motifs is 1. The number of hydrogen-bond donors (Lipinski definition) is 3. The predicted octanol–water partition coefficient (Wildman–Crippen LogP) is 4.22. The number of benzene rings is 2. The van der Waals surface area contributed by atoms with Crippen LogP contribution in [0.1, 0.15) is 46.5 Å². The lowest BCUT2D eigenvalue weighted by molar-refractivity contribution is 0.0949. The Hall–Kier alpha value is -3.48. The molecule has 2 aromatic carbocycles. The number of phenolic OH excluding ortho intramolecular Hbond substituents is 3. The van der Waals surface area contributed by atoms with E-state index >= 15 is 0 Å². The van der Waals surface area contributed by atoms with Gasteiger partial charge in [-0.1, -0.05) is 17.3 Å². The summed E-state index contributed by atoms with van der Waals surface area (Å²) in [4.78, 5) is 4.51. The Morgan fingerprint density at radius 3 is 2.47 bits per heavy atom. The van der Waals surface area contributed by atoms with Crippen LogP contribution in [0.2, 0.25) is 0 Å². The van der Waals surface area contributed by atoms with Gasteiger partial charge in [-0.2, -0.15) is 4.98 Å². The van der Waals surface area contributed by atoms with Crippen molar-refractivity contribution in [3.05, 3.63) is 63.8 Å². The van der Waals surface area contributed by atoms with Crippen LogP contribution in [0.25, 0.3) is 6.08 Å². The second kappa shape index (κ2) is 7.09. The van der Waals surface area contributed by atoms with Crippen LogP contribution in [-0.4, -0.2) is 25.5 Å². The Morgan fingerprint density at radius 2 is 1.73 bits per heavy atom. The summed E-state index contributed by atoms with van der Waals surface area (Å²) in [6, 6.07) is 4.71. The lowest BCUT2D eigenvalue weighted by Crippen LogP contribution is -2.30. The first-order chi connectivity index (χ1) is 14.2. The number of rotatable bonds is 4. The predicted molar refractivity (Wildman–Crippen MR) is 111 cm³/mol. The van der Waals surface area contributed by atoms with Gasteiger partial charge in [0.15, 0.2) is 17.3 Å². The van der Waals surface area contributed by atoms with Gasteiger partial charge in [0.2, 0.25) is 5.60 Å². The molecule has 1 unspecified atom stereocenters. The van der Waals surface area contributed by atoms with Gasteiger partial charge in [-0.3, -0.25) is 0 Å². The molecule has 0 spiro atoms. The van der Waals surface area contributed by atoms with Crippen molar-refractivity contribution in [1.29, 1.82) is 0 Å². The summed E-state index contributed by atoms with van der Waals surface area (Å²) in [7, 11) is 0. The number of nitrogens with zero attached hydrogens (tertiary/aromatic N) is 2. The molecule has 1 aromatic heterocycles. The minimum atomic E-state index is -0.921. The fourth-order valence-corrected chi connectivity index (χ4v) is 3.60. The number of ether oxygens (including phenoxy) is 1. The van der Waals surface area contributed by atoms with Crippen LogP contribution in [0.3, 0.4) is 0 Å². The molecule has 7 heteroatoms. The largest absolute Gasteiger partial charge is 0.507 e. The van der Waals surface area contributed by atoms with Crippen molar-refractivity contribution in [2.45, 2.75) is 46.1 Å². The Balaban J connectivity index is 1.56. The highest BCUT2D eigenvalue weighted by Crippen LogP contribution is 2.44. The summed E-state index contributed by atoms with van der Waals surface area (Å²) < 4.78 is 11.8. The molecular weight excluding hydrogens is 384 g/mol. The van der Waals surface area contributed by atoms with Crippen molar-refractivity contribution in [2.75, 3.05) is 0 Å². The van der Waals surface area contributed by atoms with Gasteiger partial charge in [-0.25, -0.2) is 0 Å². The molecule has 1 aliphatic rings. The minimum Gasteiger partial charge on any atom is -0.507 e. The van der Waals surface area contributed by atoms with Crippen LogP contribution in [0, 0.1) is 20.8 Å². The molecule has 0 saturated heterocycles. The molecule has 0 aliphatic carbocycles. The molecule has 4 rings (SSSR count). The molecule has 156 valence electrons. The zero-order valence-electron chi connectivity index (χ0n) is 17.4. The van der Waals surface area contributed by atoms with Crippen LogP contribution < -0.4 is 4.74 Å². The van der Waals surface area contributed by atoms with Gasteiger partial charge in [0, 0.05) is 17.5 Å². The molecule has 3 aromatic rings. The van der Waals surface area contributed by atoms with Gasteiger partial charge in [-0.05, 0) is 69.0 Å². The van der Waals surface area contributed by atoms with Crippen LogP contribution in [0.4, 0.5) is 0 Å². The molecule has 0 fully saturated rings. The molecule has 7 nitrogen and oxygen atoms in total. The van der Waals surface area contributed by atoms with E-state index in [4.69, 9.17) is 9.26 Å². The van der Waals surface area contributed by atoms with Crippen molar-refractivity contribution in [2.24, 2.45) is 0 Å². The Labute approximate surface area is 174 Å². The smallest absolute Gasteiger partial charge is 0.274 e. The molecule has 30 heavy (non-hydrogen) atoms. The lowest BCUT2D eigenvalue weighted by atomic mass is 9.92. The van der Waals surface area contributed by atoms with E-state index in [9.17, 15) is 15.3 Å². The van der Waals surface area contributed by atoms with E-state index in [0.29, 0.717) is 30.3 Å². The van der Waals surface area contributed by atoms with Crippen molar-refractivity contribution < 1.29 is 24.6 Å². The quantitative estimate of drug-likeness (QED) is 0.555. The first-order valence-corrected chi connectivity index (χ1v) is 9.74. The minimum absolute atomic E-state index is 0.149. The molecular formula is C23H24N2O5. The molecule has 0 amide bonds. The Kier molecular flexibility index (Phi) is 4.68. The summed E-state index contributed by atoms with van der Waals surface area (Å²) in [6.07, 6.45) is 4.87. The molecule has 1 aliphatic heterocycles. The molecule has 0 radical (unpaired) electrons. The number of hydrogen-bond acceptors (Lipinski definition) is 7. The number of aromatic hydroxyl groups is 3. The van der Waals surface area contributed by atoms with E-state index in [1.165, 1.54) is 12.1 Å². The van der Waals surface area contributed by atoms with E-state index < -0.39 is 5.60 Å². The summed E-state index contributed by atoms with van der Waals surface area (Å²) >= 11 is 0. The summed E-state index contributed by atoms with van der Waals surface area (Å²) in [5.41, 5.74) is 3.21. The fourth-order valence-electron chi connectivity index (χ4n) is 3.60. The van der Waals surface area contributed by atoms with E-state index in [-0.39, 0.29) is 17.2 Å². The monoisotopic (exact) mass is 408 g/mol. The molecule has 3 N–H and O–H groups in total. The third kappa shape index (κ3) is 3.26. The van der Waals surface area contributed by atoms with Crippen molar-refractivity contribution in [3.63, 3.8) is 0 Å². The normalized spacial score (nSPS) is 17.6. The average molecular weight is 408 g/mol. The second-order valence-corrected chi connectivity index (χ2v) is 7.85. The average Bonchev–Trinajstić information content (AvgIpc) is 3.21. The maximum absolute atomic E-state index is 10.3. The van der Waals surface area contributed by atoms with Gasteiger partial charge in [0.05, 0.1) is 0 Å². The highest BCUT2D eigenvalue weighted by molar-refractivity contribution is 5.71. The van der Waals surface area contributed by atoms with Crippen molar-refractivity contribution in [1.82, 2.24) is 10.1 Å². The number of phenols is 3. The number of aromatic nitrogens is 2. The van der Waals surface area contributed by atoms with Gasteiger partial charge in [0.25, 0.3) is 5.89 Å². The maximum atomic E-state index is 10.3. The maximum Gasteiger partial charge on any atom is 0.274 e. The van der Waals surface area contributed by atoms with Gasteiger partial charge < -0.3 is 24.6 Å². The lowest BCUT2D eigenvalue weighted by Gasteiger charge is -2.31. The SMILES string of the molecule is Cc1c(C)c2c(c(C)c1O)C=CC(C)(c1nc(CCc3ccc(O)c(O)c3)no1)O2. The third-order valence-corrected chi connectivity index (χ3v) is 5.71. The van der Waals surface area contributed by atoms with Crippen LogP contribution >= 0.6 is 0 Å². The number of aryl methyl sites for hydroxylation is 2. The zero-order valence-corrected chi connectivity index (χ0v) is 17.4. The van der Waals surface area contributed by atoms with E-state index in [0.717, 1.165) is 27.8 Å². The Morgan fingerprint density at radius 1 is 0.967 bits per heavy atom. The van der Waals surface area contributed by atoms with Crippen molar-refractivity contribution in [3.8, 4) is 23.0 Å². The van der Waals surface area contributed by atoms with Gasteiger partial charge >= 0.3 is 0 Å². The summed E-state index contributed by atoms with van der Waals surface area (Å²) in [5, 5.41) is 33.4. The molecule has 0 saturated carbocycles. The van der Waals surface area contributed by atoms with E-state index in [2.05, 4.69) is 10.1 Å². The van der Waals surface area contributed by atoms with Crippen LogP contribution in [0.5, 0.6) is 23.0 Å². The first kappa shape index (κ1) is 19.8. The van der Waals surface area contributed by atoms with Crippen LogP contribution in [-0.2, 0) is 18.4 Å². The van der Waals surface area contributed by atoms with E-state index in [1.54, 1.807) is 6.07 Å². The Bertz CT molecular complexity index is 1160. The highest BCUT2D eigenvalue weighted by Gasteiger charge is 2.37. The van der Waals surface area contributed by atoms with Crippen LogP contribution in [0.15, 0.2) is 28.8 Å². The second-order valence-electron chi connectivity index (χ2n) is 7.85. The van der Waals surface area contributed by atoms with Gasteiger partial charge in [0.1, 0.15) is 11.5 Å². The first-order valence-electron chi connectivity index (χ1n) is 9.74. The van der Waals surface area contributed by atoms with Gasteiger partial charge in [-0.15, -0.1) is 0 Å².